The minimum absolute atomic E-state index is 0.161. The van der Waals surface area contributed by atoms with Gasteiger partial charge in [0, 0.05) is 11.3 Å². The molecular formula is C13H12ClFN2O. The van der Waals surface area contributed by atoms with Crippen LogP contribution in [0, 0.1) is 5.82 Å². The van der Waals surface area contributed by atoms with Crippen molar-refractivity contribution in [2.45, 2.75) is 13.3 Å². The zero-order valence-corrected chi connectivity index (χ0v) is 10.8. The van der Waals surface area contributed by atoms with Crippen molar-refractivity contribution in [3.8, 4) is 17.1 Å². The van der Waals surface area contributed by atoms with Gasteiger partial charge in [0.25, 0.3) is 0 Å². The van der Waals surface area contributed by atoms with Crippen LogP contribution in [0.5, 0.6) is 5.75 Å². The van der Waals surface area contributed by atoms with Crippen LogP contribution in [0.25, 0.3) is 11.4 Å². The van der Waals surface area contributed by atoms with E-state index in [-0.39, 0.29) is 5.75 Å². The Morgan fingerprint density at radius 3 is 2.72 bits per heavy atom. The Labute approximate surface area is 110 Å². The highest BCUT2D eigenvalue weighted by atomic mass is 35.5. The Morgan fingerprint density at radius 2 is 2.06 bits per heavy atom. The molecule has 1 aromatic heterocycles. The lowest BCUT2D eigenvalue weighted by Gasteiger charge is -2.06. The molecular weight excluding hydrogens is 255 g/mol. The molecule has 0 bridgehead atoms. The van der Waals surface area contributed by atoms with Crippen molar-refractivity contribution >= 4 is 11.6 Å². The molecule has 0 aliphatic heterocycles. The second kappa shape index (κ2) is 5.31. The van der Waals surface area contributed by atoms with E-state index in [1.165, 1.54) is 13.2 Å². The quantitative estimate of drug-likeness (QED) is 0.798. The van der Waals surface area contributed by atoms with Crippen LogP contribution in [0.15, 0.2) is 24.3 Å². The summed E-state index contributed by atoms with van der Waals surface area (Å²) in [7, 11) is 1.42. The first-order valence-corrected chi connectivity index (χ1v) is 5.89. The average Bonchev–Trinajstić information content (AvgIpc) is 2.38. The van der Waals surface area contributed by atoms with Gasteiger partial charge in [-0.25, -0.2) is 14.4 Å². The SMILES string of the molecule is CCc1cc(Cl)nc(-c2ccc(F)c(OC)c2)n1. The summed E-state index contributed by atoms with van der Waals surface area (Å²) in [5.41, 5.74) is 1.51. The van der Waals surface area contributed by atoms with Gasteiger partial charge in [0.15, 0.2) is 17.4 Å². The van der Waals surface area contributed by atoms with Crippen molar-refractivity contribution in [1.29, 1.82) is 0 Å². The fourth-order valence-electron chi connectivity index (χ4n) is 1.57. The van der Waals surface area contributed by atoms with Gasteiger partial charge in [0.2, 0.25) is 0 Å². The average molecular weight is 267 g/mol. The molecule has 1 heterocycles. The van der Waals surface area contributed by atoms with Crippen molar-refractivity contribution in [3.05, 3.63) is 40.9 Å². The molecule has 0 N–H and O–H groups in total. The lowest BCUT2D eigenvalue weighted by Crippen LogP contribution is -1.96. The second-order valence-electron chi connectivity index (χ2n) is 3.71. The zero-order valence-electron chi connectivity index (χ0n) is 10.1. The van der Waals surface area contributed by atoms with Gasteiger partial charge < -0.3 is 4.74 Å². The van der Waals surface area contributed by atoms with Crippen LogP contribution >= 0.6 is 11.6 Å². The Bertz CT molecular complexity index is 575. The summed E-state index contributed by atoms with van der Waals surface area (Å²) in [5.74, 6) is 0.214. The fraction of sp³-hybridized carbons (Fsp3) is 0.231. The molecule has 0 atom stereocenters. The van der Waals surface area contributed by atoms with Crippen LogP contribution in [-0.2, 0) is 6.42 Å². The predicted octanol–water partition coefficient (Wildman–Crippen LogP) is 3.51. The molecule has 2 aromatic rings. The highest BCUT2D eigenvalue weighted by molar-refractivity contribution is 6.29. The van der Waals surface area contributed by atoms with E-state index in [2.05, 4.69) is 9.97 Å². The summed E-state index contributed by atoms with van der Waals surface area (Å²) in [6.07, 6.45) is 0.758. The minimum atomic E-state index is -0.418. The maximum atomic E-state index is 13.3. The van der Waals surface area contributed by atoms with Gasteiger partial charge in [-0.2, -0.15) is 0 Å². The number of aryl methyl sites for hydroxylation is 1. The largest absolute Gasteiger partial charge is 0.494 e. The van der Waals surface area contributed by atoms with E-state index in [4.69, 9.17) is 16.3 Å². The first kappa shape index (κ1) is 12.8. The normalized spacial score (nSPS) is 10.4. The number of benzene rings is 1. The van der Waals surface area contributed by atoms with Crippen LogP contribution in [0.1, 0.15) is 12.6 Å². The Morgan fingerprint density at radius 1 is 1.28 bits per heavy atom. The maximum Gasteiger partial charge on any atom is 0.165 e. The number of ether oxygens (including phenoxy) is 1. The third-order valence-electron chi connectivity index (χ3n) is 2.52. The van der Waals surface area contributed by atoms with E-state index < -0.39 is 5.82 Å². The maximum absolute atomic E-state index is 13.3. The predicted molar refractivity (Wildman–Crippen MR) is 68.4 cm³/mol. The van der Waals surface area contributed by atoms with Crippen molar-refractivity contribution in [3.63, 3.8) is 0 Å². The monoisotopic (exact) mass is 266 g/mol. The van der Waals surface area contributed by atoms with Gasteiger partial charge in [0.1, 0.15) is 5.15 Å². The molecule has 5 heteroatoms. The molecule has 0 unspecified atom stereocenters. The second-order valence-corrected chi connectivity index (χ2v) is 4.10. The third kappa shape index (κ3) is 2.59. The molecule has 0 amide bonds. The summed E-state index contributed by atoms with van der Waals surface area (Å²) in [6.45, 7) is 1.98. The number of nitrogens with zero attached hydrogens (tertiary/aromatic N) is 2. The highest BCUT2D eigenvalue weighted by Gasteiger charge is 2.09. The van der Waals surface area contributed by atoms with Gasteiger partial charge in [-0.3, -0.25) is 0 Å². The van der Waals surface area contributed by atoms with Crippen LogP contribution < -0.4 is 4.74 Å². The van der Waals surface area contributed by atoms with Gasteiger partial charge in [-0.1, -0.05) is 18.5 Å². The lowest BCUT2D eigenvalue weighted by atomic mass is 10.2. The number of rotatable bonds is 3. The topological polar surface area (TPSA) is 35.0 Å². The molecule has 0 radical (unpaired) electrons. The van der Waals surface area contributed by atoms with E-state index in [1.807, 2.05) is 6.92 Å². The van der Waals surface area contributed by atoms with Crippen LogP contribution in [-0.4, -0.2) is 17.1 Å². The fourth-order valence-corrected chi connectivity index (χ4v) is 1.78. The molecule has 94 valence electrons. The van der Waals surface area contributed by atoms with E-state index in [9.17, 15) is 4.39 Å². The molecule has 0 saturated heterocycles. The summed E-state index contributed by atoms with van der Waals surface area (Å²) < 4.78 is 18.2. The molecule has 18 heavy (non-hydrogen) atoms. The van der Waals surface area contributed by atoms with E-state index in [1.54, 1.807) is 18.2 Å². The Balaban J connectivity index is 2.51. The molecule has 0 aliphatic rings. The summed E-state index contributed by atoms with van der Waals surface area (Å²) >= 11 is 5.93. The van der Waals surface area contributed by atoms with Gasteiger partial charge in [-0.15, -0.1) is 0 Å². The number of hydrogen-bond acceptors (Lipinski definition) is 3. The molecule has 0 spiro atoms. The molecule has 0 aliphatic carbocycles. The zero-order chi connectivity index (χ0) is 13.1. The van der Waals surface area contributed by atoms with Crippen molar-refractivity contribution in [2.75, 3.05) is 7.11 Å². The Hall–Kier alpha value is -1.68. The molecule has 1 aromatic carbocycles. The van der Waals surface area contributed by atoms with E-state index >= 15 is 0 Å². The van der Waals surface area contributed by atoms with Gasteiger partial charge in [0.05, 0.1) is 7.11 Å². The van der Waals surface area contributed by atoms with Crippen LogP contribution in [0.2, 0.25) is 5.15 Å². The van der Waals surface area contributed by atoms with E-state index in [0.717, 1.165) is 12.1 Å². The number of aromatic nitrogens is 2. The smallest absolute Gasteiger partial charge is 0.165 e. The van der Waals surface area contributed by atoms with Crippen molar-refractivity contribution in [1.82, 2.24) is 9.97 Å². The minimum Gasteiger partial charge on any atom is -0.494 e. The number of halogens is 2. The third-order valence-corrected chi connectivity index (χ3v) is 2.71. The molecule has 3 nitrogen and oxygen atoms in total. The Kier molecular flexibility index (Phi) is 3.77. The molecule has 2 rings (SSSR count). The van der Waals surface area contributed by atoms with E-state index in [0.29, 0.717) is 16.5 Å². The van der Waals surface area contributed by atoms with Gasteiger partial charge >= 0.3 is 0 Å². The first-order chi connectivity index (χ1) is 8.63. The molecule has 0 fully saturated rings. The van der Waals surface area contributed by atoms with Crippen molar-refractivity contribution < 1.29 is 9.13 Å². The lowest BCUT2D eigenvalue weighted by molar-refractivity contribution is 0.386. The molecule has 0 saturated carbocycles. The highest BCUT2D eigenvalue weighted by Crippen LogP contribution is 2.25. The summed E-state index contributed by atoms with van der Waals surface area (Å²) in [4.78, 5) is 8.49. The van der Waals surface area contributed by atoms with Crippen LogP contribution in [0.3, 0.4) is 0 Å². The first-order valence-electron chi connectivity index (χ1n) is 5.51. The van der Waals surface area contributed by atoms with Crippen LogP contribution in [0.4, 0.5) is 4.39 Å². The summed E-state index contributed by atoms with van der Waals surface area (Å²) in [5, 5.41) is 0.375. The number of hydrogen-bond donors (Lipinski definition) is 0. The van der Waals surface area contributed by atoms with Gasteiger partial charge in [-0.05, 0) is 30.7 Å². The van der Waals surface area contributed by atoms with Crippen molar-refractivity contribution in [2.24, 2.45) is 0 Å². The summed E-state index contributed by atoms with van der Waals surface area (Å²) in [6, 6.07) is 6.19. The standard InChI is InChI=1S/C13H12ClFN2O/c1-3-9-7-12(14)17-13(16-9)8-4-5-10(15)11(6-8)18-2/h4-7H,3H2,1-2H3. The number of methoxy groups -OCH3 is 1.